The van der Waals surface area contributed by atoms with E-state index in [1.54, 1.807) is 19.0 Å². The van der Waals surface area contributed by atoms with Crippen LogP contribution in [0.1, 0.15) is 12.8 Å². The predicted octanol–water partition coefficient (Wildman–Crippen LogP) is -0.225. The van der Waals surface area contributed by atoms with Gasteiger partial charge < -0.3 is 19.9 Å². The maximum Gasteiger partial charge on any atom is 0.222 e. The van der Waals surface area contributed by atoms with Gasteiger partial charge in [0.25, 0.3) is 0 Å². The summed E-state index contributed by atoms with van der Waals surface area (Å²) < 4.78 is 5.63. The minimum absolute atomic E-state index is 0.203. The molecule has 0 aromatic carbocycles. The molecule has 1 heterocycles. The minimum Gasteiger partial charge on any atom is -0.374 e. The molecule has 1 atom stereocenters. The molecule has 1 unspecified atom stereocenters. The highest BCUT2D eigenvalue weighted by Gasteiger charge is 2.15. The molecule has 1 aliphatic heterocycles. The Morgan fingerprint density at radius 1 is 1.41 bits per heavy atom. The van der Waals surface area contributed by atoms with Crippen molar-refractivity contribution in [2.75, 3.05) is 53.9 Å². The van der Waals surface area contributed by atoms with Crippen LogP contribution in [-0.2, 0) is 9.53 Å². The summed E-state index contributed by atoms with van der Waals surface area (Å²) in [5.41, 5.74) is 0. The van der Waals surface area contributed by atoms with E-state index >= 15 is 0 Å². The number of nitrogens with zero attached hydrogens (tertiary/aromatic N) is 2. The van der Waals surface area contributed by atoms with Crippen molar-refractivity contribution in [3.05, 3.63) is 0 Å². The normalized spacial score (nSPS) is 20.6. The summed E-state index contributed by atoms with van der Waals surface area (Å²) in [7, 11) is 5.68. The standard InChI is InChI=1S/C12H25N3O2/c1-14(2)12(16)5-4-7-15(3)10-11-9-13-6-8-17-11/h11,13H,4-10H2,1-3H3. The number of hydrogen-bond acceptors (Lipinski definition) is 4. The zero-order chi connectivity index (χ0) is 12.7. The van der Waals surface area contributed by atoms with Gasteiger partial charge in [-0.05, 0) is 20.0 Å². The van der Waals surface area contributed by atoms with Gasteiger partial charge >= 0.3 is 0 Å². The van der Waals surface area contributed by atoms with Gasteiger partial charge in [0.15, 0.2) is 0 Å². The zero-order valence-corrected chi connectivity index (χ0v) is 11.2. The first-order chi connectivity index (χ1) is 8.09. The first-order valence-corrected chi connectivity index (χ1v) is 6.30. The number of rotatable bonds is 6. The molecule has 1 saturated heterocycles. The van der Waals surface area contributed by atoms with Crippen LogP contribution in [0.3, 0.4) is 0 Å². The Morgan fingerprint density at radius 3 is 2.76 bits per heavy atom. The summed E-state index contributed by atoms with van der Waals surface area (Å²) in [6, 6.07) is 0. The van der Waals surface area contributed by atoms with Crippen molar-refractivity contribution in [1.82, 2.24) is 15.1 Å². The van der Waals surface area contributed by atoms with Crippen molar-refractivity contribution in [2.45, 2.75) is 18.9 Å². The summed E-state index contributed by atoms with van der Waals surface area (Å²) in [6.45, 7) is 4.57. The Hall–Kier alpha value is -0.650. The fourth-order valence-electron chi connectivity index (χ4n) is 1.90. The third-order valence-electron chi connectivity index (χ3n) is 2.95. The van der Waals surface area contributed by atoms with Crippen LogP contribution in [0.4, 0.5) is 0 Å². The van der Waals surface area contributed by atoms with Gasteiger partial charge in [0.2, 0.25) is 5.91 Å². The molecule has 0 radical (unpaired) electrons. The fourth-order valence-corrected chi connectivity index (χ4v) is 1.90. The van der Waals surface area contributed by atoms with Crippen LogP contribution in [0.5, 0.6) is 0 Å². The van der Waals surface area contributed by atoms with Crippen LogP contribution in [-0.4, -0.2) is 75.7 Å². The summed E-state index contributed by atoms with van der Waals surface area (Å²) in [5, 5.41) is 3.32. The Bertz CT molecular complexity index is 228. The lowest BCUT2D eigenvalue weighted by Crippen LogP contribution is -2.44. The Labute approximate surface area is 104 Å². The molecule has 17 heavy (non-hydrogen) atoms. The first-order valence-electron chi connectivity index (χ1n) is 6.30. The molecular formula is C12H25N3O2. The highest BCUT2D eigenvalue weighted by atomic mass is 16.5. The van der Waals surface area contributed by atoms with Gasteiger partial charge in [-0.3, -0.25) is 4.79 Å². The van der Waals surface area contributed by atoms with Gasteiger partial charge in [0.1, 0.15) is 0 Å². The van der Waals surface area contributed by atoms with Gasteiger partial charge in [-0.2, -0.15) is 0 Å². The molecule has 0 spiro atoms. The SMILES string of the molecule is CN(CCCC(=O)N(C)C)CC1CNCCO1. The number of carbonyl (C=O) groups excluding carboxylic acids is 1. The van der Waals surface area contributed by atoms with Crippen LogP contribution in [0, 0.1) is 0 Å². The summed E-state index contributed by atoms with van der Waals surface area (Å²) in [5.74, 6) is 0.203. The summed E-state index contributed by atoms with van der Waals surface area (Å²) in [4.78, 5) is 15.3. The van der Waals surface area contributed by atoms with Crippen molar-refractivity contribution < 1.29 is 9.53 Å². The van der Waals surface area contributed by atoms with E-state index in [0.29, 0.717) is 12.5 Å². The van der Waals surface area contributed by atoms with Gasteiger partial charge in [-0.1, -0.05) is 0 Å². The van der Waals surface area contributed by atoms with Crippen LogP contribution in [0.15, 0.2) is 0 Å². The number of nitrogens with one attached hydrogen (secondary N) is 1. The summed E-state index contributed by atoms with van der Waals surface area (Å²) >= 11 is 0. The number of carbonyl (C=O) groups is 1. The highest BCUT2D eigenvalue weighted by molar-refractivity contribution is 5.75. The van der Waals surface area contributed by atoms with Crippen molar-refractivity contribution in [1.29, 1.82) is 0 Å². The molecule has 0 aromatic rings. The number of likely N-dealkylation sites (N-methyl/N-ethyl adjacent to an activating group) is 1. The number of morpholine rings is 1. The number of ether oxygens (including phenoxy) is 1. The zero-order valence-electron chi connectivity index (χ0n) is 11.2. The van der Waals surface area contributed by atoms with Crippen molar-refractivity contribution in [3.8, 4) is 0 Å². The fraction of sp³-hybridized carbons (Fsp3) is 0.917. The average Bonchev–Trinajstić information content (AvgIpc) is 2.30. The van der Waals surface area contributed by atoms with E-state index in [4.69, 9.17) is 4.74 Å². The minimum atomic E-state index is 0.203. The van der Waals surface area contributed by atoms with E-state index in [2.05, 4.69) is 17.3 Å². The molecular weight excluding hydrogens is 218 g/mol. The maximum absolute atomic E-state index is 11.4. The van der Waals surface area contributed by atoms with Crippen LogP contribution in [0.2, 0.25) is 0 Å². The van der Waals surface area contributed by atoms with E-state index < -0.39 is 0 Å². The lowest BCUT2D eigenvalue weighted by atomic mass is 10.2. The Morgan fingerprint density at radius 2 is 2.18 bits per heavy atom. The predicted molar refractivity (Wildman–Crippen MR) is 68.0 cm³/mol. The van der Waals surface area contributed by atoms with Gasteiger partial charge in [0, 0.05) is 40.2 Å². The van der Waals surface area contributed by atoms with Crippen LogP contribution < -0.4 is 5.32 Å². The molecule has 1 rings (SSSR count). The second-order valence-electron chi connectivity index (χ2n) is 4.85. The van der Waals surface area contributed by atoms with Gasteiger partial charge in [0.05, 0.1) is 12.7 Å². The van der Waals surface area contributed by atoms with E-state index in [9.17, 15) is 4.79 Å². The summed E-state index contributed by atoms with van der Waals surface area (Å²) in [6.07, 6.45) is 1.83. The molecule has 1 N–H and O–H groups in total. The monoisotopic (exact) mass is 243 g/mol. The quantitative estimate of drug-likeness (QED) is 0.700. The maximum atomic E-state index is 11.4. The average molecular weight is 243 g/mol. The molecule has 1 aliphatic rings. The largest absolute Gasteiger partial charge is 0.374 e. The molecule has 0 bridgehead atoms. The van der Waals surface area contributed by atoms with E-state index in [1.807, 2.05) is 0 Å². The lowest BCUT2D eigenvalue weighted by Gasteiger charge is -2.28. The van der Waals surface area contributed by atoms with E-state index in [1.165, 1.54) is 0 Å². The third-order valence-corrected chi connectivity index (χ3v) is 2.95. The Balaban J connectivity index is 2.08. The van der Waals surface area contributed by atoms with E-state index in [0.717, 1.165) is 39.2 Å². The van der Waals surface area contributed by atoms with Crippen molar-refractivity contribution in [2.24, 2.45) is 0 Å². The molecule has 100 valence electrons. The topological polar surface area (TPSA) is 44.8 Å². The van der Waals surface area contributed by atoms with Gasteiger partial charge in [-0.25, -0.2) is 0 Å². The van der Waals surface area contributed by atoms with Crippen LogP contribution in [0.25, 0.3) is 0 Å². The van der Waals surface area contributed by atoms with Crippen molar-refractivity contribution in [3.63, 3.8) is 0 Å². The molecule has 5 nitrogen and oxygen atoms in total. The molecule has 0 saturated carbocycles. The number of hydrogen-bond donors (Lipinski definition) is 1. The molecule has 1 fully saturated rings. The Kier molecular flexibility index (Phi) is 6.47. The number of amides is 1. The second-order valence-corrected chi connectivity index (χ2v) is 4.85. The van der Waals surface area contributed by atoms with E-state index in [-0.39, 0.29) is 5.91 Å². The first kappa shape index (κ1) is 14.4. The third kappa shape index (κ3) is 6.00. The van der Waals surface area contributed by atoms with Crippen molar-refractivity contribution >= 4 is 5.91 Å². The second kappa shape index (κ2) is 7.63. The van der Waals surface area contributed by atoms with Crippen LogP contribution >= 0.6 is 0 Å². The highest BCUT2D eigenvalue weighted by Crippen LogP contribution is 2.01. The smallest absolute Gasteiger partial charge is 0.222 e. The lowest BCUT2D eigenvalue weighted by molar-refractivity contribution is -0.128. The van der Waals surface area contributed by atoms with Gasteiger partial charge in [-0.15, -0.1) is 0 Å². The molecule has 0 aliphatic carbocycles. The molecule has 5 heteroatoms. The molecule has 0 aromatic heterocycles. The molecule has 1 amide bonds.